The Bertz CT molecular complexity index is 724. The molecule has 21 heavy (non-hydrogen) atoms. The predicted octanol–water partition coefficient (Wildman–Crippen LogP) is 3.08. The van der Waals surface area contributed by atoms with Gasteiger partial charge in [-0.25, -0.2) is 8.42 Å². The zero-order valence-electron chi connectivity index (χ0n) is 12.7. The maximum atomic E-state index is 12.9. The third-order valence-electron chi connectivity index (χ3n) is 3.70. The number of benzene rings is 1. The van der Waals surface area contributed by atoms with Crippen molar-refractivity contribution in [1.29, 1.82) is 0 Å². The first kappa shape index (κ1) is 16.0. The Morgan fingerprint density at radius 1 is 1.24 bits per heavy atom. The van der Waals surface area contributed by atoms with Crippen molar-refractivity contribution in [1.82, 2.24) is 4.31 Å². The van der Waals surface area contributed by atoms with Crippen molar-refractivity contribution in [3.63, 3.8) is 0 Å². The minimum absolute atomic E-state index is 0.332. The number of sulfonamides is 1. The lowest BCUT2D eigenvalue weighted by atomic mass is 10.1. The van der Waals surface area contributed by atoms with Crippen LogP contribution >= 0.6 is 11.3 Å². The number of hydrogen-bond acceptors (Lipinski definition) is 4. The molecule has 1 aromatic heterocycles. The summed E-state index contributed by atoms with van der Waals surface area (Å²) in [5.74, 6) is 0. The van der Waals surface area contributed by atoms with E-state index in [1.807, 2.05) is 37.4 Å². The van der Waals surface area contributed by atoms with Gasteiger partial charge in [0, 0.05) is 24.2 Å². The summed E-state index contributed by atoms with van der Waals surface area (Å²) in [6, 6.07) is 5.67. The van der Waals surface area contributed by atoms with Gasteiger partial charge in [0.2, 0.25) is 10.0 Å². The summed E-state index contributed by atoms with van der Waals surface area (Å²) in [6.07, 6.45) is 0. The lowest BCUT2D eigenvalue weighted by Crippen LogP contribution is -2.28. The van der Waals surface area contributed by atoms with Gasteiger partial charge in [0.05, 0.1) is 4.90 Å². The molecule has 2 aromatic rings. The molecular weight excluding hydrogens is 304 g/mol. The summed E-state index contributed by atoms with van der Waals surface area (Å²) in [5.41, 5.74) is 8.73. The molecule has 0 fully saturated rings. The van der Waals surface area contributed by atoms with Crippen LogP contribution in [-0.2, 0) is 16.6 Å². The van der Waals surface area contributed by atoms with E-state index in [2.05, 4.69) is 0 Å². The van der Waals surface area contributed by atoms with Gasteiger partial charge in [-0.1, -0.05) is 6.07 Å². The average molecular weight is 324 g/mol. The molecule has 0 aliphatic heterocycles. The van der Waals surface area contributed by atoms with E-state index in [4.69, 9.17) is 5.73 Å². The molecule has 0 aliphatic carbocycles. The molecule has 6 heteroatoms. The summed E-state index contributed by atoms with van der Waals surface area (Å²) >= 11 is 1.55. The lowest BCUT2D eigenvalue weighted by molar-refractivity contribution is 0.468. The third kappa shape index (κ3) is 2.97. The Labute approximate surface area is 130 Å². The van der Waals surface area contributed by atoms with Crippen LogP contribution in [0.5, 0.6) is 0 Å². The van der Waals surface area contributed by atoms with E-state index in [0.717, 1.165) is 16.0 Å². The van der Waals surface area contributed by atoms with E-state index in [1.54, 1.807) is 25.3 Å². The van der Waals surface area contributed by atoms with Gasteiger partial charge < -0.3 is 5.73 Å². The molecule has 114 valence electrons. The normalized spacial score (nSPS) is 12.0. The Hall–Kier alpha value is -1.37. The van der Waals surface area contributed by atoms with Crippen molar-refractivity contribution >= 4 is 27.0 Å². The second kappa shape index (κ2) is 5.79. The molecule has 1 aromatic carbocycles. The second-order valence-electron chi connectivity index (χ2n) is 5.20. The van der Waals surface area contributed by atoms with Crippen LogP contribution in [0.25, 0.3) is 0 Å². The first-order chi connectivity index (χ1) is 9.75. The van der Waals surface area contributed by atoms with Crippen molar-refractivity contribution < 1.29 is 8.42 Å². The molecule has 0 saturated carbocycles. The molecule has 0 saturated heterocycles. The van der Waals surface area contributed by atoms with E-state index < -0.39 is 10.0 Å². The Morgan fingerprint density at radius 2 is 1.90 bits per heavy atom. The summed E-state index contributed by atoms with van der Waals surface area (Å²) in [7, 11) is -1.96. The Morgan fingerprint density at radius 3 is 2.48 bits per heavy atom. The highest BCUT2D eigenvalue weighted by Gasteiger charge is 2.27. The van der Waals surface area contributed by atoms with Crippen molar-refractivity contribution in [3.05, 3.63) is 45.1 Å². The minimum Gasteiger partial charge on any atom is -0.398 e. The summed E-state index contributed by atoms with van der Waals surface area (Å²) < 4.78 is 27.1. The highest BCUT2D eigenvalue weighted by atomic mass is 32.2. The van der Waals surface area contributed by atoms with E-state index in [0.29, 0.717) is 22.7 Å². The Kier molecular flexibility index (Phi) is 4.41. The maximum Gasteiger partial charge on any atom is 0.243 e. The smallest absolute Gasteiger partial charge is 0.243 e. The van der Waals surface area contributed by atoms with Gasteiger partial charge in [-0.05, 0) is 55.0 Å². The molecule has 1 heterocycles. The van der Waals surface area contributed by atoms with E-state index in [-0.39, 0.29) is 0 Å². The fraction of sp³-hybridized carbons (Fsp3) is 0.333. The van der Waals surface area contributed by atoms with Gasteiger partial charge in [0.15, 0.2) is 0 Å². The van der Waals surface area contributed by atoms with Crippen molar-refractivity contribution in [2.75, 3.05) is 12.8 Å². The van der Waals surface area contributed by atoms with Gasteiger partial charge >= 0.3 is 0 Å². The minimum atomic E-state index is -3.56. The van der Waals surface area contributed by atoms with Crippen LogP contribution in [0.4, 0.5) is 5.69 Å². The molecule has 0 spiro atoms. The monoisotopic (exact) mass is 324 g/mol. The first-order valence-electron chi connectivity index (χ1n) is 6.60. The van der Waals surface area contributed by atoms with Crippen molar-refractivity contribution in [3.8, 4) is 0 Å². The highest BCUT2D eigenvalue weighted by Crippen LogP contribution is 2.30. The average Bonchev–Trinajstić information content (AvgIpc) is 2.89. The molecule has 0 amide bonds. The number of anilines is 1. The van der Waals surface area contributed by atoms with Crippen LogP contribution in [0, 0.1) is 20.8 Å². The fourth-order valence-electron chi connectivity index (χ4n) is 2.29. The van der Waals surface area contributed by atoms with Gasteiger partial charge in [-0.15, -0.1) is 11.3 Å². The standard InChI is InChI=1S/C15H20N2O2S2/c1-10-8-14(16)12(3)15(11(10)2)21(18,19)17(4)9-13-6-5-7-20-13/h5-8H,9,16H2,1-4H3. The number of rotatable bonds is 4. The van der Waals surface area contributed by atoms with E-state index in [9.17, 15) is 8.42 Å². The zero-order valence-corrected chi connectivity index (χ0v) is 14.3. The molecule has 0 unspecified atom stereocenters. The van der Waals surface area contributed by atoms with Crippen LogP contribution in [0.1, 0.15) is 21.6 Å². The third-order valence-corrected chi connectivity index (χ3v) is 6.64. The number of nitrogen functional groups attached to an aromatic ring is 1. The number of aryl methyl sites for hydroxylation is 1. The van der Waals surface area contributed by atoms with Gasteiger partial charge in [-0.3, -0.25) is 0 Å². The molecule has 2 N–H and O–H groups in total. The predicted molar refractivity (Wildman–Crippen MR) is 88.0 cm³/mol. The van der Waals surface area contributed by atoms with Gasteiger partial charge in [-0.2, -0.15) is 4.31 Å². The largest absolute Gasteiger partial charge is 0.398 e. The van der Waals surface area contributed by atoms with Gasteiger partial charge in [0.1, 0.15) is 0 Å². The molecule has 0 atom stereocenters. The molecular formula is C15H20N2O2S2. The highest BCUT2D eigenvalue weighted by molar-refractivity contribution is 7.89. The van der Waals surface area contributed by atoms with Gasteiger partial charge in [0.25, 0.3) is 0 Å². The Balaban J connectivity index is 2.49. The fourth-order valence-corrected chi connectivity index (χ4v) is 4.80. The van der Waals surface area contributed by atoms with Crippen molar-refractivity contribution in [2.45, 2.75) is 32.2 Å². The number of hydrogen-bond donors (Lipinski definition) is 1. The number of nitrogens with zero attached hydrogens (tertiary/aromatic N) is 1. The quantitative estimate of drug-likeness (QED) is 0.879. The maximum absolute atomic E-state index is 12.9. The summed E-state index contributed by atoms with van der Waals surface area (Å²) in [4.78, 5) is 1.34. The van der Waals surface area contributed by atoms with Crippen LogP contribution in [-0.4, -0.2) is 19.8 Å². The summed E-state index contributed by atoms with van der Waals surface area (Å²) in [5, 5.41) is 1.94. The topological polar surface area (TPSA) is 63.4 Å². The van der Waals surface area contributed by atoms with E-state index in [1.165, 1.54) is 4.31 Å². The van der Waals surface area contributed by atoms with Crippen LogP contribution < -0.4 is 5.73 Å². The van der Waals surface area contributed by atoms with Crippen LogP contribution in [0.15, 0.2) is 28.5 Å². The number of thiophene rings is 1. The molecule has 2 rings (SSSR count). The second-order valence-corrected chi connectivity index (χ2v) is 8.22. The van der Waals surface area contributed by atoms with Crippen molar-refractivity contribution in [2.24, 2.45) is 0 Å². The SMILES string of the molecule is Cc1cc(N)c(C)c(S(=O)(=O)N(C)Cc2cccs2)c1C. The first-order valence-corrected chi connectivity index (χ1v) is 8.92. The molecule has 4 nitrogen and oxygen atoms in total. The lowest BCUT2D eigenvalue weighted by Gasteiger charge is -2.21. The number of nitrogens with two attached hydrogens (primary N) is 1. The molecule has 0 radical (unpaired) electrons. The van der Waals surface area contributed by atoms with Crippen LogP contribution in [0.3, 0.4) is 0 Å². The molecule has 0 aliphatic rings. The summed E-state index contributed by atoms with van der Waals surface area (Å²) in [6.45, 7) is 5.83. The van der Waals surface area contributed by atoms with Crippen LogP contribution in [0.2, 0.25) is 0 Å². The zero-order chi connectivity index (χ0) is 15.8. The molecule has 0 bridgehead atoms. The van der Waals surface area contributed by atoms with E-state index >= 15 is 0 Å².